The van der Waals surface area contributed by atoms with Crippen molar-refractivity contribution in [2.75, 3.05) is 13.6 Å². The number of halogens is 2. The summed E-state index contributed by atoms with van der Waals surface area (Å²) in [5, 5.41) is 3.87. The van der Waals surface area contributed by atoms with Crippen LogP contribution in [0.25, 0.3) is 0 Å². The van der Waals surface area contributed by atoms with Crippen LogP contribution in [0.1, 0.15) is 31.9 Å². The molecular weight excluding hydrogens is 557 g/mol. The van der Waals surface area contributed by atoms with Gasteiger partial charge in [0, 0.05) is 35.6 Å². The predicted molar refractivity (Wildman–Crippen MR) is 155 cm³/mol. The van der Waals surface area contributed by atoms with Crippen molar-refractivity contribution in [2.24, 2.45) is 0 Å². The van der Waals surface area contributed by atoms with Crippen LogP contribution in [-0.2, 0) is 32.6 Å². The van der Waals surface area contributed by atoms with Gasteiger partial charge in [-0.05, 0) is 68.3 Å². The summed E-state index contributed by atoms with van der Waals surface area (Å²) in [5.74, 6) is -0.870. The van der Waals surface area contributed by atoms with Crippen LogP contribution >= 0.6 is 23.2 Å². The van der Waals surface area contributed by atoms with Crippen molar-refractivity contribution in [3.05, 3.63) is 100 Å². The van der Waals surface area contributed by atoms with Gasteiger partial charge in [-0.15, -0.1) is 0 Å². The van der Waals surface area contributed by atoms with E-state index in [0.717, 1.165) is 9.87 Å². The second kappa shape index (κ2) is 13.0. The molecule has 208 valence electrons. The minimum Gasteiger partial charge on any atom is -0.350 e. The highest BCUT2D eigenvalue weighted by Crippen LogP contribution is 2.21. The van der Waals surface area contributed by atoms with Crippen molar-refractivity contribution in [3.63, 3.8) is 0 Å². The molecule has 0 fully saturated rings. The van der Waals surface area contributed by atoms with E-state index in [-0.39, 0.29) is 23.8 Å². The molecule has 39 heavy (non-hydrogen) atoms. The van der Waals surface area contributed by atoms with Gasteiger partial charge in [0.25, 0.3) is 0 Å². The molecule has 0 radical (unpaired) electrons. The van der Waals surface area contributed by atoms with Crippen molar-refractivity contribution in [2.45, 2.75) is 50.2 Å². The van der Waals surface area contributed by atoms with Gasteiger partial charge in [0.1, 0.15) is 6.04 Å². The lowest BCUT2D eigenvalue weighted by molar-refractivity contribution is -0.141. The Hall–Kier alpha value is -2.91. The van der Waals surface area contributed by atoms with Gasteiger partial charge in [0.2, 0.25) is 21.8 Å². The molecule has 3 aromatic rings. The normalized spacial score (nSPS) is 12.7. The third kappa shape index (κ3) is 8.80. The predicted octanol–water partition coefficient (Wildman–Crippen LogP) is 5.17. The van der Waals surface area contributed by atoms with Gasteiger partial charge >= 0.3 is 0 Å². The Kier molecular flexibility index (Phi) is 10.2. The zero-order chi connectivity index (χ0) is 28.8. The number of carbonyl (C=O) groups is 2. The number of hydrogen-bond donors (Lipinski definition) is 1. The van der Waals surface area contributed by atoms with E-state index >= 15 is 0 Å². The Balaban J connectivity index is 1.99. The van der Waals surface area contributed by atoms with Gasteiger partial charge in [-0.2, -0.15) is 4.31 Å². The second-order valence-electron chi connectivity index (χ2n) is 10.3. The molecule has 0 aliphatic rings. The van der Waals surface area contributed by atoms with E-state index in [1.54, 1.807) is 18.2 Å². The maximum Gasteiger partial charge on any atom is 0.243 e. The molecule has 7 nitrogen and oxygen atoms in total. The summed E-state index contributed by atoms with van der Waals surface area (Å²) in [5.41, 5.74) is 1.02. The fourth-order valence-corrected chi connectivity index (χ4v) is 5.45. The standard InChI is InChI=1S/C29H33Cl2N3O4S/c1-29(2,3)32-28(36)26(18-21-9-6-5-7-10-21)34(19-22-11-8-12-24(31)17-22)27(35)20-33(4)39(37,38)25-15-13-23(30)14-16-25/h5-17,26H,18-20H2,1-4H3,(H,32,36)/t26-/m0/s1. The number of likely N-dealkylation sites (N-methyl/N-ethyl adjacent to an activating group) is 1. The first kappa shape index (κ1) is 30.6. The van der Waals surface area contributed by atoms with Gasteiger partial charge < -0.3 is 10.2 Å². The van der Waals surface area contributed by atoms with E-state index < -0.39 is 34.1 Å². The summed E-state index contributed by atoms with van der Waals surface area (Å²) in [6, 6.07) is 21.2. The molecule has 0 heterocycles. The Morgan fingerprint density at radius 3 is 2.08 bits per heavy atom. The summed E-state index contributed by atoms with van der Waals surface area (Å²) in [4.78, 5) is 28.9. The smallest absolute Gasteiger partial charge is 0.243 e. The Morgan fingerprint density at radius 2 is 1.49 bits per heavy atom. The number of nitrogens with zero attached hydrogens (tertiary/aromatic N) is 2. The summed E-state index contributed by atoms with van der Waals surface area (Å²) in [7, 11) is -2.66. The Labute approximate surface area is 240 Å². The van der Waals surface area contributed by atoms with Crippen LogP contribution in [0.4, 0.5) is 0 Å². The minimum absolute atomic E-state index is 0.00917. The monoisotopic (exact) mass is 589 g/mol. The molecule has 0 bridgehead atoms. The minimum atomic E-state index is -3.99. The second-order valence-corrected chi connectivity index (χ2v) is 13.2. The maximum absolute atomic E-state index is 13.9. The van der Waals surface area contributed by atoms with E-state index in [4.69, 9.17) is 23.2 Å². The number of carbonyl (C=O) groups excluding carboxylic acids is 2. The molecule has 1 atom stereocenters. The molecule has 3 rings (SSSR count). The van der Waals surface area contributed by atoms with Crippen LogP contribution in [0, 0.1) is 0 Å². The zero-order valence-electron chi connectivity index (χ0n) is 22.4. The number of hydrogen-bond acceptors (Lipinski definition) is 4. The third-order valence-electron chi connectivity index (χ3n) is 5.89. The molecule has 0 aliphatic carbocycles. The molecule has 0 spiro atoms. The van der Waals surface area contributed by atoms with Crippen LogP contribution in [-0.4, -0.2) is 54.6 Å². The van der Waals surface area contributed by atoms with Crippen molar-refractivity contribution in [1.29, 1.82) is 0 Å². The molecule has 1 N–H and O–H groups in total. The maximum atomic E-state index is 13.9. The van der Waals surface area contributed by atoms with E-state index in [2.05, 4.69) is 5.32 Å². The van der Waals surface area contributed by atoms with Gasteiger partial charge in [-0.1, -0.05) is 65.7 Å². The third-order valence-corrected chi connectivity index (χ3v) is 8.20. The first-order valence-corrected chi connectivity index (χ1v) is 14.6. The quantitative estimate of drug-likeness (QED) is 0.353. The van der Waals surface area contributed by atoms with Crippen LogP contribution in [0.3, 0.4) is 0 Å². The molecular formula is C29H33Cl2N3O4S. The van der Waals surface area contributed by atoms with E-state index in [1.165, 1.54) is 36.2 Å². The van der Waals surface area contributed by atoms with Gasteiger partial charge in [-0.25, -0.2) is 8.42 Å². The zero-order valence-corrected chi connectivity index (χ0v) is 24.7. The summed E-state index contributed by atoms with van der Waals surface area (Å²) < 4.78 is 27.4. The van der Waals surface area contributed by atoms with E-state index in [0.29, 0.717) is 15.6 Å². The number of nitrogens with one attached hydrogen (secondary N) is 1. The number of benzene rings is 3. The van der Waals surface area contributed by atoms with Crippen molar-refractivity contribution >= 4 is 45.0 Å². The lowest BCUT2D eigenvalue weighted by atomic mass is 10.0. The van der Waals surface area contributed by atoms with E-state index in [1.807, 2.05) is 57.2 Å². The highest BCUT2D eigenvalue weighted by molar-refractivity contribution is 7.89. The van der Waals surface area contributed by atoms with Gasteiger partial charge in [0.15, 0.2) is 0 Å². The lowest BCUT2D eigenvalue weighted by Crippen LogP contribution is -2.56. The van der Waals surface area contributed by atoms with Crippen molar-refractivity contribution < 1.29 is 18.0 Å². The SMILES string of the molecule is CN(CC(=O)N(Cc1cccc(Cl)c1)[C@@H](Cc1ccccc1)C(=O)NC(C)(C)C)S(=O)(=O)c1ccc(Cl)cc1. The van der Waals surface area contributed by atoms with Crippen LogP contribution in [0.2, 0.25) is 10.0 Å². The molecule has 10 heteroatoms. The molecule has 0 aliphatic heterocycles. The molecule has 0 saturated carbocycles. The Morgan fingerprint density at radius 1 is 0.872 bits per heavy atom. The average molecular weight is 591 g/mol. The van der Waals surface area contributed by atoms with Crippen molar-refractivity contribution in [3.8, 4) is 0 Å². The van der Waals surface area contributed by atoms with Gasteiger partial charge in [0.05, 0.1) is 11.4 Å². The number of amides is 2. The number of rotatable bonds is 10. The summed E-state index contributed by atoms with van der Waals surface area (Å²) in [6.45, 7) is 5.17. The Bertz CT molecular complexity index is 1390. The fraction of sp³-hybridized carbons (Fsp3) is 0.310. The first-order chi connectivity index (χ1) is 18.3. The lowest BCUT2D eigenvalue weighted by Gasteiger charge is -2.34. The molecule has 0 aromatic heterocycles. The largest absolute Gasteiger partial charge is 0.350 e. The highest BCUT2D eigenvalue weighted by Gasteiger charge is 2.34. The molecule has 3 aromatic carbocycles. The summed E-state index contributed by atoms with van der Waals surface area (Å²) >= 11 is 12.1. The van der Waals surface area contributed by atoms with Crippen LogP contribution in [0.5, 0.6) is 0 Å². The van der Waals surface area contributed by atoms with Gasteiger partial charge in [-0.3, -0.25) is 9.59 Å². The van der Waals surface area contributed by atoms with Crippen molar-refractivity contribution in [1.82, 2.24) is 14.5 Å². The van der Waals surface area contributed by atoms with Crippen LogP contribution in [0.15, 0.2) is 83.8 Å². The number of sulfonamides is 1. The van der Waals surface area contributed by atoms with Crippen LogP contribution < -0.4 is 5.32 Å². The summed E-state index contributed by atoms with van der Waals surface area (Å²) in [6.07, 6.45) is 0.239. The molecule has 0 saturated heterocycles. The fourth-order valence-electron chi connectivity index (χ4n) is 3.99. The first-order valence-electron chi connectivity index (χ1n) is 12.4. The molecule has 0 unspecified atom stereocenters. The van der Waals surface area contributed by atoms with E-state index in [9.17, 15) is 18.0 Å². The molecule has 2 amide bonds. The topological polar surface area (TPSA) is 86.8 Å². The highest BCUT2D eigenvalue weighted by atomic mass is 35.5. The average Bonchev–Trinajstić information content (AvgIpc) is 2.86.